The number of hydrogen-bond acceptors (Lipinski definition) is 4. The van der Waals surface area contributed by atoms with Crippen molar-refractivity contribution in [3.05, 3.63) is 77.6 Å². The Labute approximate surface area is 150 Å². The second kappa shape index (κ2) is 6.40. The molecule has 4 rings (SSSR count). The lowest BCUT2D eigenvalue weighted by Crippen LogP contribution is -2.11. The number of fused-ring (bicyclic) bond motifs is 1. The van der Waals surface area contributed by atoms with Gasteiger partial charge in [-0.2, -0.15) is 0 Å². The number of amides is 1. The third-order valence-corrected chi connectivity index (χ3v) is 4.36. The quantitative estimate of drug-likeness (QED) is 0.616. The molecule has 2 heterocycles. The summed E-state index contributed by atoms with van der Waals surface area (Å²) in [6.07, 6.45) is 3.53. The van der Waals surface area contributed by atoms with E-state index in [9.17, 15) is 4.79 Å². The topological polar surface area (TPSA) is 72.2 Å². The number of hydrogen-bond donors (Lipinski definition) is 1. The van der Waals surface area contributed by atoms with Crippen molar-refractivity contribution in [2.45, 2.75) is 13.8 Å². The average Bonchev–Trinajstić information content (AvgIpc) is 3.09. The van der Waals surface area contributed by atoms with Crippen molar-refractivity contribution in [1.82, 2.24) is 19.6 Å². The fraction of sp³-hybridized carbons (Fsp3) is 0.100. The first kappa shape index (κ1) is 16.0. The first-order valence-corrected chi connectivity index (χ1v) is 8.26. The van der Waals surface area contributed by atoms with Gasteiger partial charge >= 0.3 is 0 Å². The van der Waals surface area contributed by atoms with Gasteiger partial charge in [0, 0.05) is 29.2 Å². The van der Waals surface area contributed by atoms with Crippen LogP contribution in [-0.2, 0) is 0 Å². The monoisotopic (exact) mass is 343 g/mol. The van der Waals surface area contributed by atoms with Crippen molar-refractivity contribution >= 4 is 17.4 Å². The molecule has 0 fully saturated rings. The van der Waals surface area contributed by atoms with E-state index in [2.05, 4.69) is 20.5 Å². The summed E-state index contributed by atoms with van der Waals surface area (Å²) in [6, 6.07) is 15.0. The summed E-state index contributed by atoms with van der Waals surface area (Å²) in [5.41, 5.74) is 4.58. The van der Waals surface area contributed by atoms with Gasteiger partial charge in [0.15, 0.2) is 5.82 Å². The van der Waals surface area contributed by atoms with E-state index in [1.54, 1.807) is 18.3 Å². The molecule has 128 valence electrons. The number of nitrogens with zero attached hydrogens (tertiary/aromatic N) is 4. The van der Waals surface area contributed by atoms with Crippen molar-refractivity contribution < 1.29 is 4.79 Å². The summed E-state index contributed by atoms with van der Waals surface area (Å²) in [6.45, 7) is 4.07. The molecule has 0 aliphatic heterocycles. The van der Waals surface area contributed by atoms with Crippen LogP contribution in [0.25, 0.3) is 17.2 Å². The average molecular weight is 343 g/mol. The predicted octanol–water partition coefficient (Wildman–Crippen LogP) is 3.66. The molecule has 0 spiro atoms. The molecule has 0 atom stereocenters. The van der Waals surface area contributed by atoms with Gasteiger partial charge in [-0.3, -0.25) is 9.20 Å². The zero-order valence-electron chi connectivity index (χ0n) is 14.5. The maximum absolute atomic E-state index is 12.5. The highest BCUT2D eigenvalue weighted by molar-refractivity contribution is 6.04. The third kappa shape index (κ3) is 2.93. The summed E-state index contributed by atoms with van der Waals surface area (Å²) in [7, 11) is 0. The van der Waals surface area contributed by atoms with Gasteiger partial charge in [0.1, 0.15) is 0 Å². The van der Waals surface area contributed by atoms with Crippen LogP contribution in [0.3, 0.4) is 0 Å². The molecule has 0 bridgehead atoms. The van der Waals surface area contributed by atoms with Gasteiger partial charge in [0.05, 0.1) is 0 Å². The largest absolute Gasteiger partial charge is 0.322 e. The third-order valence-electron chi connectivity index (χ3n) is 4.36. The zero-order valence-corrected chi connectivity index (χ0v) is 14.5. The van der Waals surface area contributed by atoms with E-state index in [-0.39, 0.29) is 5.91 Å². The predicted molar refractivity (Wildman–Crippen MR) is 100 cm³/mol. The lowest BCUT2D eigenvalue weighted by molar-refractivity contribution is 0.102. The molecule has 0 saturated heterocycles. The number of benzene rings is 2. The molecule has 1 N–H and O–H groups in total. The van der Waals surface area contributed by atoms with Crippen molar-refractivity contribution in [3.63, 3.8) is 0 Å². The number of rotatable bonds is 3. The van der Waals surface area contributed by atoms with E-state index in [1.807, 2.05) is 60.8 Å². The van der Waals surface area contributed by atoms with E-state index in [0.717, 1.165) is 16.8 Å². The van der Waals surface area contributed by atoms with Gasteiger partial charge in [-0.05, 0) is 55.3 Å². The molecule has 6 nitrogen and oxygen atoms in total. The van der Waals surface area contributed by atoms with Gasteiger partial charge in [0.25, 0.3) is 11.7 Å². The van der Waals surface area contributed by atoms with E-state index < -0.39 is 0 Å². The van der Waals surface area contributed by atoms with Crippen molar-refractivity contribution in [2.24, 2.45) is 0 Å². The zero-order chi connectivity index (χ0) is 18.1. The Balaban J connectivity index is 1.57. The number of anilines is 1. The lowest BCUT2D eigenvalue weighted by atomic mass is 10.1. The fourth-order valence-corrected chi connectivity index (χ4v) is 2.73. The van der Waals surface area contributed by atoms with Crippen LogP contribution in [-0.4, -0.2) is 25.5 Å². The van der Waals surface area contributed by atoms with Gasteiger partial charge < -0.3 is 5.32 Å². The van der Waals surface area contributed by atoms with E-state index >= 15 is 0 Å². The summed E-state index contributed by atoms with van der Waals surface area (Å²) < 4.78 is 1.81. The van der Waals surface area contributed by atoms with Crippen LogP contribution in [0.4, 0.5) is 5.69 Å². The molecule has 0 saturated carbocycles. The van der Waals surface area contributed by atoms with Crippen LogP contribution in [0.2, 0.25) is 0 Å². The van der Waals surface area contributed by atoms with Crippen LogP contribution in [0.1, 0.15) is 21.5 Å². The number of carbonyl (C=O) groups excluding carboxylic acids is 1. The van der Waals surface area contributed by atoms with Crippen molar-refractivity contribution in [1.29, 1.82) is 0 Å². The van der Waals surface area contributed by atoms with Gasteiger partial charge in [-0.25, -0.2) is 4.98 Å². The summed E-state index contributed by atoms with van der Waals surface area (Å²) in [5.74, 6) is 1.08. The Kier molecular flexibility index (Phi) is 3.93. The van der Waals surface area contributed by atoms with Crippen molar-refractivity contribution in [3.8, 4) is 11.4 Å². The summed E-state index contributed by atoms with van der Waals surface area (Å²) in [5, 5.41) is 11.1. The Bertz CT molecular complexity index is 1100. The second-order valence-corrected chi connectivity index (χ2v) is 6.14. The van der Waals surface area contributed by atoms with Gasteiger partial charge in [-0.1, -0.05) is 18.2 Å². The SMILES string of the molecule is Cc1ccc(NC(=O)c2ccc(-c3nnc4ncccn34)cc2)cc1C. The van der Waals surface area contributed by atoms with Crippen LogP contribution in [0.15, 0.2) is 60.9 Å². The molecule has 0 aliphatic rings. The lowest BCUT2D eigenvalue weighted by Gasteiger charge is -2.08. The molecule has 1 amide bonds. The number of aryl methyl sites for hydroxylation is 2. The molecule has 0 unspecified atom stereocenters. The van der Waals surface area contributed by atoms with Gasteiger partial charge in [0.2, 0.25) is 0 Å². The maximum atomic E-state index is 12.5. The first-order chi connectivity index (χ1) is 12.6. The molecule has 2 aromatic carbocycles. The highest BCUT2D eigenvalue weighted by Gasteiger charge is 2.11. The highest BCUT2D eigenvalue weighted by atomic mass is 16.1. The molecule has 26 heavy (non-hydrogen) atoms. The van der Waals surface area contributed by atoms with Gasteiger partial charge in [-0.15, -0.1) is 10.2 Å². The normalized spacial score (nSPS) is 10.8. The Morgan fingerprint density at radius 2 is 1.81 bits per heavy atom. The first-order valence-electron chi connectivity index (χ1n) is 8.26. The van der Waals surface area contributed by atoms with E-state index in [1.165, 1.54) is 5.56 Å². The molecule has 2 aromatic heterocycles. The van der Waals surface area contributed by atoms with Crippen LogP contribution >= 0.6 is 0 Å². The second-order valence-electron chi connectivity index (χ2n) is 6.14. The minimum absolute atomic E-state index is 0.146. The van der Waals surface area contributed by atoms with Crippen molar-refractivity contribution in [2.75, 3.05) is 5.32 Å². The molecule has 6 heteroatoms. The Hall–Kier alpha value is -3.54. The number of carbonyl (C=O) groups is 1. The van der Waals surface area contributed by atoms with Crippen LogP contribution in [0, 0.1) is 13.8 Å². The Morgan fingerprint density at radius 1 is 1.00 bits per heavy atom. The van der Waals surface area contributed by atoms with Crippen LogP contribution < -0.4 is 5.32 Å². The standard InChI is InChI=1S/C20H17N5O/c1-13-4-9-17(12-14(13)2)22-19(26)16-7-5-15(6-8-16)18-23-24-20-21-10-3-11-25(18)20/h3-12H,1-2H3,(H,22,26). The minimum Gasteiger partial charge on any atom is -0.322 e. The minimum atomic E-state index is -0.146. The fourth-order valence-electron chi connectivity index (χ4n) is 2.73. The number of nitrogens with one attached hydrogen (secondary N) is 1. The molecule has 0 aliphatic carbocycles. The van der Waals surface area contributed by atoms with Crippen LogP contribution in [0.5, 0.6) is 0 Å². The van der Waals surface area contributed by atoms with E-state index in [4.69, 9.17) is 0 Å². The number of aromatic nitrogens is 4. The Morgan fingerprint density at radius 3 is 2.58 bits per heavy atom. The smallest absolute Gasteiger partial charge is 0.255 e. The summed E-state index contributed by atoms with van der Waals surface area (Å²) >= 11 is 0. The molecule has 0 radical (unpaired) electrons. The van der Waals surface area contributed by atoms with E-state index in [0.29, 0.717) is 17.2 Å². The maximum Gasteiger partial charge on any atom is 0.255 e. The molecule has 4 aromatic rings. The molecular weight excluding hydrogens is 326 g/mol. The highest BCUT2D eigenvalue weighted by Crippen LogP contribution is 2.19. The molecular formula is C20H17N5O. The summed E-state index contributed by atoms with van der Waals surface area (Å²) in [4.78, 5) is 16.6.